The van der Waals surface area contributed by atoms with Gasteiger partial charge in [-0.3, -0.25) is 4.79 Å². The molecule has 1 aliphatic rings. The molecule has 2 N–H and O–H groups in total. The van der Waals surface area contributed by atoms with Crippen LogP contribution in [0.5, 0.6) is 0 Å². The summed E-state index contributed by atoms with van der Waals surface area (Å²) in [6.45, 7) is 1.66. The van der Waals surface area contributed by atoms with E-state index in [0.29, 0.717) is 36.1 Å². The standard InChI is InChI=1S/C12H14Cl2N2O.ClH/c13-9-5-8-2-4-16(12(17)1-3-15)7-10(8)11(14)6-9;/h5-6H,1-4,7,15H2;1H. The number of rotatable bonds is 2. The van der Waals surface area contributed by atoms with Gasteiger partial charge in [0.1, 0.15) is 0 Å². The molecule has 0 aliphatic carbocycles. The Balaban J connectivity index is 0.00000162. The molecule has 0 radical (unpaired) electrons. The first-order valence-electron chi connectivity index (χ1n) is 5.56. The number of benzene rings is 1. The summed E-state index contributed by atoms with van der Waals surface area (Å²) in [4.78, 5) is 13.6. The summed E-state index contributed by atoms with van der Waals surface area (Å²) in [7, 11) is 0. The fraction of sp³-hybridized carbons (Fsp3) is 0.417. The molecular weight excluding hydrogens is 295 g/mol. The Hall–Kier alpha value is -0.480. The Bertz CT molecular complexity index is 451. The maximum absolute atomic E-state index is 11.8. The summed E-state index contributed by atoms with van der Waals surface area (Å²) < 4.78 is 0. The van der Waals surface area contributed by atoms with Crippen LogP contribution in [0.1, 0.15) is 17.5 Å². The number of carbonyl (C=O) groups excluding carboxylic acids is 1. The molecule has 18 heavy (non-hydrogen) atoms. The van der Waals surface area contributed by atoms with Crippen molar-refractivity contribution in [2.45, 2.75) is 19.4 Å². The van der Waals surface area contributed by atoms with Gasteiger partial charge in [-0.1, -0.05) is 23.2 Å². The van der Waals surface area contributed by atoms with Gasteiger partial charge in [-0.2, -0.15) is 0 Å². The molecule has 3 nitrogen and oxygen atoms in total. The van der Waals surface area contributed by atoms with Crippen molar-refractivity contribution in [2.24, 2.45) is 5.73 Å². The summed E-state index contributed by atoms with van der Waals surface area (Å²) in [5.41, 5.74) is 7.53. The molecule has 0 fully saturated rings. The predicted octanol–water partition coefficient (Wildman–Crippen LogP) is 2.65. The lowest BCUT2D eigenvalue weighted by molar-refractivity contribution is -0.131. The van der Waals surface area contributed by atoms with Gasteiger partial charge >= 0.3 is 0 Å². The van der Waals surface area contributed by atoms with Gasteiger partial charge in [0.15, 0.2) is 0 Å². The number of nitrogens with two attached hydrogens (primary N) is 1. The fourth-order valence-corrected chi connectivity index (χ4v) is 2.67. The van der Waals surface area contributed by atoms with Crippen molar-refractivity contribution in [3.05, 3.63) is 33.3 Å². The minimum atomic E-state index is 0. The Morgan fingerprint density at radius 2 is 2.11 bits per heavy atom. The number of fused-ring (bicyclic) bond motifs is 1. The zero-order valence-corrected chi connectivity index (χ0v) is 12.1. The first kappa shape index (κ1) is 15.6. The first-order chi connectivity index (χ1) is 8.11. The number of amides is 1. The minimum Gasteiger partial charge on any atom is -0.338 e. The van der Waals surface area contributed by atoms with Crippen LogP contribution in [0.2, 0.25) is 10.0 Å². The molecule has 0 aromatic heterocycles. The van der Waals surface area contributed by atoms with Gasteiger partial charge in [0, 0.05) is 36.1 Å². The van der Waals surface area contributed by atoms with Crippen LogP contribution < -0.4 is 5.73 Å². The number of halogens is 3. The van der Waals surface area contributed by atoms with Crippen LogP contribution >= 0.6 is 35.6 Å². The van der Waals surface area contributed by atoms with Gasteiger partial charge in [-0.05, 0) is 29.7 Å². The molecule has 0 unspecified atom stereocenters. The third-order valence-corrected chi connectivity index (χ3v) is 3.52. The molecule has 100 valence electrons. The second-order valence-electron chi connectivity index (χ2n) is 4.13. The average Bonchev–Trinajstić information content (AvgIpc) is 2.28. The van der Waals surface area contributed by atoms with E-state index in [9.17, 15) is 4.79 Å². The molecule has 0 atom stereocenters. The van der Waals surface area contributed by atoms with Crippen LogP contribution in [-0.2, 0) is 17.8 Å². The van der Waals surface area contributed by atoms with E-state index in [-0.39, 0.29) is 18.3 Å². The van der Waals surface area contributed by atoms with Gasteiger partial charge in [0.2, 0.25) is 5.91 Å². The molecule has 1 amide bonds. The van der Waals surface area contributed by atoms with Gasteiger partial charge in [-0.25, -0.2) is 0 Å². The average molecular weight is 310 g/mol. The second kappa shape index (κ2) is 6.62. The van der Waals surface area contributed by atoms with Crippen molar-refractivity contribution in [3.63, 3.8) is 0 Å². The smallest absolute Gasteiger partial charge is 0.224 e. The lowest BCUT2D eigenvalue weighted by Crippen LogP contribution is -2.37. The molecule has 0 saturated heterocycles. The fourth-order valence-electron chi connectivity index (χ4n) is 2.08. The predicted molar refractivity (Wildman–Crippen MR) is 76.5 cm³/mol. The van der Waals surface area contributed by atoms with Crippen molar-refractivity contribution in [1.82, 2.24) is 4.90 Å². The van der Waals surface area contributed by atoms with E-state index < -0.39 is 0 Å². The largest absolute Gasteiger partial charge is 0.338 e. The van der Waals surface area contributed by atoms with E-state index >= 15 is 0 Å². The van der Waals surface area contributed by atoms with Crippen molar-refractivity contribution in [1.29, 1.82) is 0 Å². The second-order valence-corrected chi connectivity index (χ2v) is 4.97. The summed E-state index contributed by atoms with van der Waals surface area (Å²) in [6, 6.07) is 3.65. The van der Waals surface area contributed by atoms with E-state index in [2.05, 4.69) is 0 Å². The van der Waals surface area contributed by atoms with Gasteiger partial charge in [0.25, 0.3) is 0 Å². The molecule has 0 bridgehead atoms. The SMILES string of the molecule is Cl.NCCC(=O)N1CCc2cc(Cl)cc(Cl)c2C1. The third kappa shape index (κ3) is 3.29. The van der Waals surface area contributed by atoms with E-state index in [1.165, 1.54) is 0 Å². The van der Waals surface area contributed by atoms with Crippen LogP contribution in [0.15, 0.2) is 12.1 Å². The van der Waals surface area contributed by atoms with Crippen molar-refractivity contribution in [2.75, 3.05) is 13.1 Å². The highest BCUT2D eigenvalue weighted by atomic mass is 35.5. The molecule has 1 heterocycles. The van der Waals surface area contributed by atoms with E-state index in [1.807, 2.05) is 6.07 Å². The molecule has 2 rings (SSSR count). The minimum absolute atomic E-state index is 0. The Kier molecular flexibility index (Phi) is 5.73. The molecular formula is C12H15Cl3N2O. The highest BCUT2D eigenvalue weighted by molar-refractivity contribution is 6.35. The number of hydrogen-bond donors (Lipinski definition) is 1. The zero-order valence-electron chi connectivity index (χ0n) is 9.79. The molecule has 6 heteroatoms. The molecule has 1 aromatic rings. The van der Waals surface area contributed by atoms with Crippen LogP contribution in [0, 0.1) is 0 Å². The lowest BCUT2D eigenvalue weighted by Gasteiger charge is -2.29. The van der Waals surface area contributed by atoms with Crippen molar-refractivity contribution >= 4 is 41.5 Å². The van der Waals surface area contributed by atoms with E-state index in [4.69, 9.17) is 28.9 Å². The molecule has 1 aliphatic heterocycles. The Morgan fingerprint density at radius 1 is 1.39 bits per heavy atom. The quantitative estimate of drug-likeness (QED) is 0.913. The maximum Gasteiger partial charge on any atom is 0.224 e. The van der Waals surface area contributed by atoms with Crippen LogP contribution in [0.25, 0.3) is 0 Å². The van der Waals surface area contributed by atoms with Crippen LogP contribution in [-0.4, -0.2) is 23.9 Å². The van der Waals surface area contributed by atoms with Crippen molar-refractivity contribution in [3.8, 4) is 0 Å². The topological polar surface area (TPSA) is 46.3 Å². The molecule has 0 saturated carbocycles. The molecule has 0 spiro atoms. The van der Waals surface area contributed by atoms with E-state index in [1.54, 1.807) is 11.0 Å². The summed E-state index contributed by atoms with van der Waals surface area (Å²) in [6.07, 6.45) is 1.19. The van der Waals surface area contributed by atoms with Gasteiger partial charge < -0.3 is 10.6 Å². The third-order valence-electron chi connectivity index (χ3n) is 2.96. The zero-order chi connectivity index (χ0) is 12.4. The van der Waals surface area contributed by atoms with Crippen molar-refractivity contribution < 1.29 is 4.79 Å². The number of nitrogens with zero attached hydrogens (tertiary/aromatic N) is 1. The van der Waals surface area contributed by atoms with Crippen LogP contribution in [0.3, 0.4) is 0 Å². The molecule has 1 aromatic carbocycles. The summed E-state index contributed by atoms with van der Waals surface area (Å²) in [5, 5.41) is 1.29. The maximum atomic E-state index is 11.8. The highest BCUT2D eigenvalue weighted by Gasteiger charge is 2.22. The summed E-state index contributed by atoms with van der Waals surface area (Å²) >= 11 is 12.1. The summed E-state index contributed by atoms with van der Waals surface area (Å²) in [5.74, 6) is 0.0872. The van der Waals surface area contributed by atoms with Gasteiger partial charge in [-0.15, -0.1) is 12.4 Å². The normalized spacial score (nSPS) is 13.8. The number of carbonyl (C=O) groups is 1. The first-order valence-corrected chi connectivity index (χ1v) is 6.32. The highest BCUT2D eigenvalue weighted by Crippen LogP contribution is 2.30. The number of hydrogen-bond acceptors (Lipinski definition) is 2. The van der Waals surface area contributed by atoms with E-state index in [0.717, 1.165) is 17.5 Å². The lowest BCUT2D eigenvalue weighted by atomic mass is 9.99. The Labute approximate surface area is 123 Å². The monoisotopic (exact) mass is 308 g/mol. The Morgan fingerprint density at radius 3 is 2.78 bits per heavy atom. The van der Waals surface area contributed by atoms with Gasteiger partial charge in [0.05, 0.1) is 0 Å². The van der Waals surface area contributed by atoms with Crippen LogP contribution in [0.4, 0.5) is 0 Å².